The Morgan fingerprint density at radius 1 is 1.43 bits per heavy atom. The molecule has 2 heteroatoms. The van der Waals surface area contributed by atoms with E-state index in [4.69, 9.17) is 5.73 Å². The predicted octanol–water partition coefficient (Wildman–Crippen LogP) is 2.07. The summed E-state index contributed by atoms with van der Waals surface area (Å²) in [6, 6.07) is 7.88. The summed E-state index contributed by atoms with van der Waals surface area (Å²) in [6.45, 7) is 2.15. The summed E-state index contributed by atoms with van der Waals surface area (Å²) in [5.74, 6) is -0.381. The average Bonchev–Trinajstić information content (AvgIpc) is 2.16. The number of benzene rings is 1. The molecule has 0 spiro atoms. The fraction of sp³-hybridized carbons (Fsp3) is 0.333. The summed E-state index contributed by atoms with van der Waals surface area (Å²) in [6.07, 6.45) is 4.80. The number of hydrogen-bond acceptors (Lipinski definition) is 1. The lowest BCUT2D eigenvalue weighted by molar-refractivity contribution is -0.114. The van der Waals surface area contributed by atoms with Gasteiger partial charge in [-0.15, -0.1) is 0 Å². The van der Waals surface area contributed by atoms with Crippen LogP contribution in [0.1, 0.15) is 30.9 Å². The minimum atomic E-state index is -0.381. The molecular formula is C12H16NO. The number of rotatable bonds is 5. The van der Waals surface area contributed by atoms with E-state index in [0.717, 1.165) is 24.8 Å². The summed E-state index contributed by atoms with van der Waals surface area (Å²) in [7, 11) is 0. The number of hydrogen-bond donors (Lipinski definition) is 1. The fourth-order valence-electron chi connectivity index (χ4n) is 1.42. The second-order valence-corrected chi connectivity index (χ2v) is 3.35. The first-order valence-corrected chi connectivity index (χ1v) is 4.96. The molecule has 1 amide bonds. The van der Waals surface area contributed by atoms with Crippen LogP contribution in [0.25, 0.3) is 0 Å². The van der Waals surface area contributed by atoms with Crippen LogP contribution < -0.4 is 5.73 Å². The molecule has 2 N–H and O–H groups in total. The molecule has 1 radical (unpaired) electrons. The van der Waals surface area contributed by atoms with Gasteiger partial charge in [0.05, 0.1) is 6.42 Å². The normalized spacial score (nSPS) is 10.1. The monoisotopic (exact) mass is 190 g/mol. The van der Waals surface area contributed by atoms with Gasteiger partial charge in [-0.2, -0.15) is 0 Å². The molecule has 1 aromatic rings. The molecule has 2 nitrogen and oxygen atoms in total. The van der Waals surface area contributed by atoms with Crippen molar-refractivity contribution in [3.8, 4) is 0 Å². The van der Waals surface area contributed by atoms with Crippen molar-refractivity contribution < 1.29 is 4.79 Å². The number of unbranched alkanes of at least 4 members (excludes halogenated alkanes) is 1. The van der Waals surface area contributed by atoms with Crippen molar-refractivity contribution in [2.24, 2.45) is 5.73 Å². The van der Waals surface area contributed by atoms with Crippen LogP contribution in [0.15, 0.2) is 24.3 Å². The van der Waals surface area contributed by atoms with Crippen molar-refractivity contribution in [3.05, 3.63) is 41.8 Å². The first-order chi connectivity index (χ1) is 6.74. The van der Waals surface area contributed by atoms with Gasteiger partial charge in [0, 0.05) is 0 Å². The lowest BCUT2D eigenvalue weighted by Crippen LogP contribution is -2.12. The van der Waals surface area contributed by atoms with Crippen LogP contribution in [0.3, 0.4) is 0 Å². The molecular weight excluding hydrogens is 174 g/mol. The van der Waals surface area contributed by atoms with E-state index < -0.39 is 0 Å². The van der Waals surface area contributed by atoms with Crippen molar-refractivity contribution >= 4 is 5.91 Å². The van der Waals surface area contributed by atoms with E-state index in [1.807, 2.05) is 24.3 Å². The van der Waals surface area contributed by atoms with Gasteiger partial charge in [0.1, 0.15) is 0 Å². The number of aryl methyl sites for hydroxylation is 1. The highest BCUT2D eigenvalue weighted by atomic mass is 16.1. The van der Waals surface area contributed by atoms with Crippen LogP contribution >= 0.6 is 0 Å². The molecule has 0 unspecified atom stereocenters. The van der Waals surface area contributed by atoms with Crippen LogP contribution in [0.2, 0.25) is 0 Å². The Kier molecular flexibility index (Phi) is 4.17. The minimum absolute atomic E-state index is 0.381. The highest BCUT2D eigenvalue weighted by molar-refractivity contribution is 5.87. The Morgan fingerprint density at radius 2 is 2.14 bits per heavy atom. The maximum Gasteiger partial charge on any atom is 0.226 e. The molecule has 0 aliphatic heterocycles. The maximum atomic E-state index is 10.8. The van der Waals surface area contributed by atoms with Crippen molar-refractivity contribution in [2.45, 2.75) is 26.2 Å². The summed E-state index contributed by atoms with van der Waals surface area (Å²) in [4.78, 5) is 10.8. The summed E-state index contributed by atoms with van der Waals surface area (Å²) in [5, 5.41) is 0. The molecule has 14 heavy (non-hydrogen) atoms. The molecule has 1 rings (SSSR count). The van der Waals surface area contributed by atoms with Crippen molar-refractivity contribution in [1.82, 2.24) is 0 Å². The third kappa shape index (κ3) is 3.21. The molecule has 0 bridgehead atoms. The van der Waals surface area contributed by atoms with E-state index >= 15 is 0 Å². The summed E-state index contributed by atoms with van der Waals surface area (Å²) < 4.78 is 0. The zero-order valence-corrected chi connectivity index (χ0v) is 8.49. The van der Waals surface area contributed by atoms with E-state index in [1.165, 1.54) is 12.0 Å². The van der Waals surface area contributed by atoms with E-state index in [-0.39, 0.29) is 5.91 Å². The summed E-state index contributed by atoms with van der Waals surface area (Å²) >= 11 is 0. The quantitative estimate of drug-likeness (QED) is 0.758. The van der Waals surface area contributed by atoms with Gasteiger partial charge in [0.2, 0.25) is 5.91 Å². The molecule has 0 aliphatic carbocycles. The zero-order valence-electron chi connectivity index (χ0n) is 8.49. The third-order valence-electron chi connectivity index (χ3n) is 2.15. The van der Waals surface area contributed by atoms with E-state index in [1.54, 1.807) is 0 Å². The smallest absolute Gasteiger partial charge is 0.226 e. The van der Waals surface area contributed by atoms with Crippen LogP contribution in [-0.2, 0) is 11.2 Å². The lowest BCUT2D eigenvalue weighted by Gasteiger charge is -2.06. The Labute approximate surface area is 85.1 Å². The van der Waals surface area contributed by atoms with Gasteiger partial charge in [-0.05, 0) is 24.0 Å². The Morgan fingerprint density at radius 3 is 2.79 bits per heavy atom. The molecule has 0 fully saturated rings. The molecule has 0 heterocycles. The van der Waals surface area contributed by atoms with Gasteiger partial charge in [-0.1, -0.05) is 37.6 Å². The zero-order chi connectivity index (χ0) is 10.4. The van der Waals surface area contributed by atoms with Gasteiger partial charge in [0.15, 0.2) is 0 Å². The highest BCUT2D eigenvalue weighted by Gasteiger charge is 2.04. The average molecular weight is 190 g/mol. The molecule has 75 valence electrons. The van der Waals surface area contributed by atoms with Crippen LogP contribution in [0.5, 0.6) is 0 Å². The van der Waals surface area contributed by atoms with Gasteiger partial charge in [-0.3, -0.25) is 4.79 Å². The molecule has 0 saturated heterocycles. The van der Waals surface area contributed by atoms with Gasteiger partial charge in [0.25, 0.3) is 0 Å². The van der Waals surface area contributed by atoms with Gasteiger partial charge in [-0.25, -0.2) is 0 Å². The molecule has 0 saturated carbocycles. The van der Waals surface area contributed by atoms with Gasteiger partial charge >= 0.3 is 0 Å². The van der Waals surface area contributed by atoms with E-state index in [9.17, 15) is 4.79 Å². The van der Waals surface area contributed by atoms with E-state index in [2.05, 4.69) is 6.92 Å². The SMILES string of the molecule is CCCCc1ccccc1[CH]C(N)=O. The minimum Gasteiger partial charge on any atom is -0.369 e. The number of nitrogens with two attached hydrogens (primary N) is 1. The number of amides is 1. The van der Waals surface area contributed by atoms with Gasteiger partial charge < -0.3 is 5.73 Å². The first-order valence-electron chi connectivity index (χ1n) is 4.96. The largest absolute Gasteiger partial charge is 0.369 e. The lowest BCUT2D eigenvalue weighted by atomic mass is 10.00. The fourth-order valence-corrected chi connectivity index (χ4v) is 1.42. The Bertz CT molecular complexity index is 307. The highest BCUT2D eigenvalue weighted by Crippen LogP contribution is 2.13. The number of carbonyl (C=O) groups excluding carboxylic acids is 1. The first kappa shape index (κ1) is 10.8. The topological polar surface area (TPSA) is 43.1 Å². The molecule has 0 aromatic heterocycles. The van der Waals surface area contributed by atoms with Crippen molar-refractivity contribution in [2.75, 3.05) is 0 Å². The third-order valence-corrected chi connectivity index (χ3v) is 2.15. The number of primary amides is 1. The predicted molar refractivity (Wildman–Crippen MR) is 57.7 cm³/mol. The molecule has 0 atom stereocenters. The van der Waals surface area contributed by atoms with Crippen LogP contribution in [-0.4, -0.2) is 5.91 Å². The summed E-state index contributed by atoms with van der Waals surface area (Å²) in [5.41, 5.74) is 7.28. The maximum absolute atomic E-state index is 10.8. The Hall–Kier alpha value is -1.31. The van der Waals surface area contributed by atoms with Crippen LogP contribution in [0.4, 0.5) is 0 Å². The van der Waals surface area contributed by atoms with Crippen molar-refractivity contribution in [3.63, 3.8) is 0 Å². The van der Waals surface area contributed by atoms with Crippen LogP contribution in [0, 0.1) is 6.42 Å². The standard InChI is InChI=1S/C12H16NO/c1-2-3-6-10-7-4-5-8-11(10)9-12(13)14/h4-5,7-9H,2-3,6H2,1H3,(H2,13,14). The molecule has 1 aromatic carbocycles. The Balaban J connectivity index is 2.74. The molecule has 0 aliphatic rings. The number of carbonyl (C=O) groups is 1. The van der Waals surface area contributed by atoms with E-state index in [0.29, 0.717) is 0 Å². The second-order valence-electron chi connectivity index (χ2n) is 3.35. The van der Waals surface area contributed by atoms with Crippen molar-refractivity contribution in [1.29, 1.82) is 0 Å². The second kappa shape index (κ2) is 5.43.